The number of rotatable bonds is 3. The summed E-state index contributed by atoms with van der Waals surface area (Å²) in [6.45, 7) is 19.5. The second-order valence-corrected chi connectivity index (χ2v) is 22.3. The summed E-state index contributed by atoms with van der Waals surface area (Å²) in [7, 11) is 0. The van der Waals surface area contributed by atoms with Gasteiger partial charge in [0.1, 0.15) is 0 Å². The van der Waals surface area contributed by atoms with Crippen LogP contribution in [0.5, 0.6) is 0 Å². The van der Waals surface area contributed by atoms with Crippen LogP contribution >= 0.6 is 11.3 Å². The van der Waals surface area contributed by atoms with E-state index < -0.39 is 0 Å². The van der Waals surface area contributed by atoms with Gasteiger partial charge >= 0.3 is 6.85 Å². The second kappa shape index (κ2) is 13.0. The van der Waals surface area contributed by atoms with Gasteiger partial charge in [-0.05, 0) is 123 Å². The Morgan fingerprint density at radius 1 is 0.532 bits per heavy atom. The van der Waals surface area contributed by atoms with Crippen LogP contribution in [0.15, 0.2) is 140 Å². The third kappa shape index (κ3) is 5.16. The molecule has 0 amide bonds. The molecule has 0 radical (unpaired) electrons. The molecule has 3 aliphatic heterocycles. The quantitative estimate of drug-likeness (QED) is 0.164. The van der Waals surface area contributed by atoms with Crippen LogP contribution in [0.2, 0.25) is 0 Å². The Bertz CT molecular complexity index is 3150. The molecule has 4 aliphatic rings. The van der Waals surface area contributed by atoms with Gasteiger partial charge in [0.15, 0.2) is 0 Å². The number of hydrogen-bond donors (Lipinski definition) is 0. The highest BCUT2D eigenvalue weighted by molar-refractivity contribution is 7.27. The fraction of sp³-hybridized carbons (Fsp3) is 0.276. The van der Waals surface area contributed by atoms with Gasteiger partial charge in [0.25, 0.3) is 0 Å². The van der Waals surface area contributed by atoms with Crippen LogP contribution in [0.1, 0.15) is 97.8 Å². The zero-order valence-electron chi connectivity index (χ0n) is 37.5. The summed E-state index contributed by atoms with van der Waals surface area (Å²) in [5, 5.41) is 2.72. The Hall–Kier alpha value is -5.58. The topological polar surface area (TPSA) is 6.48 Å². The van der Waals surface area contributed by atoms with Crippen LogP contribution < -0.4 is 20.6 Å². The summed E-state index contributed by atoms with van der Waals surface area (Å²) >= 11 is 1.99. The van der Waals surface area contributed by atoms with E-state index in [9.17, 15) is 0 Å². The fourth-order valence-corrected chi connectivity index (χ4v) is 13.4. The first-order valence-corrected chi connectivity index (χ1v) is 23.7. The van der Waals surface area contributed by atoms with E-state index in [2.05, 4.69) is 205 Å². The van der Waals surface area contributed by atoms with Gasteiger partial charge in [-0.1, -0.05) is 158 Å². The van der Waals surface area contributed by atoms with E-state index in [4.69, 9.17) is 0 Å². The van der Waals surface area contributed by atoms with Crippen LogP contribution in [-0.4, -0.2) is 12.4 Å². The molecule has 2 nitrogen and oxygen atoms in total. The van der Waals surface area contributed by atoms with E-state index in [1.807, 2.05) is 11.3 Å². The maximum absolute atomic E-state index is 3.01. The van der Waals surface area contributed by atoms with Crippen molar-refractivity contribution in [2.45, 2.75) is 103 Å². The molecule has 0 bridgehead atoms. The van der Waals surface area contributed by atoms with Crippen molar-refractivity contribution in [3.8, 4) is 33.4 Å². The van der Waals surface area contributed by atoms with Gasteiger partial charge in [0, 0.05) is 59.3 Å². The van der Waals surface area contributed by atoms with Crippen molar-refractivity contribution in [1.82, 2.24) is 0 Å². The van der Waals surface area contributed by atoms with Gasteiger partial charge in [-0.15, -0.1) is 11.3 Å². The SMILES string of the molecule is CC(C)(C)c1ccc(N2c3cc(-c4ccccc4)cc4c3B(c3c2ccc2c3sc3ccccc32)N2c3c-4cc(C(C)(C)C)cc3C3(C)CCCCC23C)c(-c2ccccc2)c1. The molecule has 1 aliphatic carbocycles. The molecule has 1 fully saturated rings. The number of benzene rings is 7. The molecule has 1 saturated carbocycles. The fourth-order valence-electron chi connectivity index (χ4n) is 12.1. The molecule has 0 spiro atoms. The monoisotopic (exact) mass is 822 g/mol. The lowest BCUT2D eigenvalue weighted by Gasteiger charge is -2.55. The molecular weight excluding hydrogens is 768 g/mol. The molecule has 2 atom stereocenters. The standard InChI is InChI=1S/C58H55BN2S/c1-55(2,3)39-25-27-47(43(33-39)37-21-13-10-14-22-37)60-48-28-26-42-41-23-15-16-24-50(41)62-54(42)52(48)59-51-44(31-38(32-49(51)60)36-19-11-9-12-20-36)45-34-40(56(4,5)6)35-46-53(45)61(59)58(8)30-18-17-29-57(46,58)7/h9-16,19-28,31-35H,17-18,29-30H2,1-8H3. The van der Waals surface area contributed by atoms with E-state index in [0.29, 0.717) is 0 Å². The van der Waals surface area contributed by atoms with Crippen molar-refractivity contribution < 1.29 is 0 Å². The number of anilines is 4. The maximum atomic E-state index is 3.01. The Labute approximate surface area is 372 Å². The lowest BCUT2D eigenvalue weighted by atomic mass is 9.42. The summed E-state index contributed by atoms with van der Waals surface area (Å²) in [6.07, 6.45) is 4.91. The van der Waals surface area contributed by atoms with Crippen LogP contribution in [0, 0.1) is 0 Å². The highest BCUT2D eigenvalue weighted by Crippen LogP contribution is 2.64. The third-order valence-electron chi connectivity index (χ3n) is 15.7. The lowest BCUT2D eigenvalue weighted by Crippen LogP contribution is -2.70. The van der Waals surface area contributed by atoms with E-state index >= 15 is 0 Å². The molecule has 306 valence electrons. The van der Waals surface area contributed by atoms with Gasteiger partial charge in [-0.25, -0.2) is 0 Å². The minimum atomic E-state index is -0.0710. The van der Waals surface area contributed by atoms with Gasteiger partial charge in [-0.3, -0.25) is 0 Å². The number of nitrogens with zero attached hydrogens (tertiary/aromatic N) is 2. The van der Waals surface area contributed by atoms with E-state index in [1.165, 1.54) is 124 Å². The minimum Gasteiger partial charge on any atom is -0.400 e. The second-order valence-electron chi connectivity index (χ2n) is 21.2. The molecule has 4 heterocycles. The summed E-state index contributed by atoms with van der Waals surface area (Å²) < 4.78 is 2.77. The highest BCUT2D eigenvalue weighted by atomic mass is 32.1. The van der Waals surface area contributed by atoms with Gasteiger partial charge in [-0.2, -0.15) is 0 Å². The van der Waals surface area contributed by atoms with Crippen molar-refractivity contribution in [2.24, 2.45) is 0 Å². The predicted molar refractivity (Wildman–Crippen MR) is 269 cm³/mol. The molecule has 8 aromatic rings. The Morgan fingerprint density at radius 3 is 1.94 bits per heavy atom. The Kier molecular flexibility index (Phi) is 7.99. The van der Waals surface area contributed by atoms with Crippen molar-refractivity contribution in [3.63, 3.8) is 0 Å². The van der Waals surface area contributed by atoms with Crippen molar-refractivity contribution >= 4 is 72.0 Å². The van der Waals surface area contributed by atoms with Crippen LogP contribution in [0.3, 0.4) is 0 Å². The van der Waals surface area contributed by atoms with E-state index in [-0.39, 0.29) is 28.6 Å². The first-order valence-electron chi connectivity index (χ1n) is 22.9. The predicted octanol–water partition coefficient (Wildman–Crippen LogP) is 15.0. The molecule has 0 N–H and O–H groups in total. The molecule has 2 unspecified atom stereocenters. The molecule has 4 heteroatoms. The molecule has 7 aromatic carbocycles. The average molecular weight is 823 g/mol. The average Bonchev–Trinajstić information content (AvgIpc) is 3.75. The highest BCUT2D eigenvalue weighted by Gasteiger charge is 2.63. The molecule has 1 aromatic heterocycles. The summed E-state index contributed by atoms with van der Waals surface area (Å²) in [4.78, 5) is 5.70. The summed E-state index contributed by atoms with van der Waals surface area (Å²) in [6, 6.07) is 53.9. The smallest absolute Gasteiger partial charge is 0.330 e. The Morgan fingerprint density at radius 2 is 1.19 bits per heavy atom. The van der Waals surface area contributed by atoms with Crippen molar-refractivity contribution in [2.75, 3.05) is 9.71 Å². The number of fused-ring (bicyclic) bond motifs is 11. The van der Waals surface area contributed by atoms with Gasteiger partial charge in [0.05, 0.1) is 5.69 Å². The maximum Gasteiger partial charge on any atom is 0.330 e. The van der Waals surface area contributed by atoms with Gasteiger partial charge < -0.3 is 9.71 Å². The zero-order chi connectivity index (χ0) is 42.5. The molecule has 62 heavy (non-hydrogen) atoms. The zero-order valence-corrected chi connectivity index (χ0v) is 38.3. The van der Waals surface area contributed by atoms with Crippen molar-refractivity contribution in [1.29, 1.82) is 0 Å². The van der Waals surface area contributed by atoms with Crippen LogP contribution in [0.4, 0.5) is 22.7 Å². The van der Waals surface area contributed by atoms with Crippen molar-refractivity contribution in [3.05, 3.63) is 156 Å². The minimum absolute atomic E-state index is 0.00438. The van der Waals surface area contributed by atoms with E-state index in [1.54, 1.807) is 5.56 Å². The number of hydrogen-bond acceptors (Lipinski definition) is 3. The Balaban J connectivity index is 1.28. The summed E-state index contributed by atoms with van der Waals surface area (Å²) in [5.41, 5.74) is 20.3. The van der Waals surface area contributed by atoms with Gasteiger partial charge in [0.2, 0.25) is 0 Å². The molecular formula is C58H55BN2S. The number of thiophene rings is 1. The first-order chi connectivity index (χ1) is 29.8. The normalized spacial score (nSPS) is 20.0. The van der Waals surface area contributed by atoms with Crippen LogP contribution in [0.25, 0.3) is 53.6 Å². The molecule has 0 saturated heterocycles. The summed E-state index contributed by atoms with van der Waals surface area (Å²) in [5.74, 6) is 0. The first kappa shape index (κ1) is 38.1. The van der Waals surface area contributed by atoms with E-state index in [0.717, 1.165) is 0 Å². The van der Waals surface area contributed by atoms with Crippen LogP contribution in [-0.2, 0) is 16.2 Å². The largest absolute Gasteiger partial charge is 0.400 e. The third-order valence-corrected chi connectivity index (χ3v) is 16.9. The molecule has 12 rings (SSSR count). The lowest BCUT2D eigenvalue weighted by molar-refractivity contribution is 0.199.